The van der Waals surface area contributed by atoms with Crippen molar-refractivity contribution < 1.29 is 4.79 Å². The summed E-state index contributed by atoms with van der Waals surface area (Å²) in [7, 11) is 0. The highest BCUT2D eigenvalue weighted by atomic mass is 16.1. The van der Waals surface area contributed by atoms with Gasteiger partial charge in [0.15, 0.2) is 0 Å². The number of nitrogens with two attached hydrogens (primary N) is 1. The van der Waals surface area contributed by atoms with Crippen molar-refractivity contribution >= 4 is 16.7 Å². The third kappa shape index (κ3) is 1.84. The number of amides is 1. The Bertz CT molecular complexity index is 505. The quantitative estimate of drug-likeness (QED) is 0.793. The summed E-state index contributed by atoms with van der Waals surface area (Å²) in [5.74, 6) is -0.514. The molecule has 0 aliphatic carbocycles. The molecular formula is C13H13NO. The number of carbonyl (C=O) groups is 1. The van der Waals surface area contributed by atoms with Crippen LogP contribution in [0, 0.1) is 0 Å². The van der Waals surface area contributed by atoms with Gasteiger partial charge < -0.3 is 5.73 Å². The van der Waals surface area contributed by atoms with E-state index in [1.165, 1.54) is 5.39 Å². The van der Waals surface area contributed by atoms with E-state index in [0.717, 1.165) is 10.9 Å². The third-order valence-electron chi connectivity index (χ3n) is 2.70. The predicted molar refractivity (Wildman–Crippen MR) is 61.6 cm³/mol. The first kappa shape index (κ1) is 9.71. The van der Waals surface area contributed by atoms with E-state index in [4.69, 9.17) is 5.73 Å². The minimum Gasteiger partial charge on any atom is -0.369 e. The number of primary amides is 1. The molecule has 76 valence electrons. The molecule has 2 nitrogen and oxygen atoms in total. The van der Waals surface area contributed by atoms with E-state index >= 15 is 0 Å². The summed E-state index contributed by atoms with van der Waals surface area (Å²) < 4.78 is 0. The lowest BCUT2D eigenvalue weighted by Gasteiger charge is -2.08. The number of fused-ring (bicyclic) bond motifs is 1. The van der Waals surface area contributed by atoms with Gasteiger partial charge in [0.05, 0.1) is 5.92 Å². The van der Waals surface area contributed by atoms with E-state index in [2.05, 4.69) is 0 Å². The Morgan fingerprint density at radius 1 is 1.13 bits per heavy atom. The first-order valence-electron chi connectivity index (χ1n) is 4.96. The van der Waals surface area contributed by atoms with Crippen molar-refractivity contribution in [3.63, 3.8) is 0 Å². The van der Waals surface area contributed by atoms with E-state index in [-0.39, 0.29) is 11.8 Å². The Balaban J connectivity index is 2.51. The summed E-state index contributed by atoms with van der Waals surface area (Å²) in [6.45, 7) is 1.83. The fraction of sp³-hybridized carbons (Fsp3) is 0.154. The zero-order valence-electron chi connectivity index (χ0n) is 8.60. The van der Waals surface area contributed by atoms with Gasteiger partial charge in [0.1, 0.15) is 0 Å². The van der Waals surface area contributed by atoms with Crippen molar-refractivity contribution in [1.29, 1.82) is 0 Å². The molecule has 2 N–H and O–H groups in total. The standard InChI is InChI=1S/C13H13NO/c1-9(13(14)15)11-7-6-10-4-2-3-5-12(10)8-11/h2-9H,1H3,(H2,14,15)/t9-/m1/s1. The van der Waals surface area contributed by atoms with Crippen molar-refractivity contribution in [3.8, 4) is 0 Å². The number of hydrogen-bond acceptors (Lipinski definition) is 1. The van der Waals surface area contributed by atoms with Crippen LogP contribution in [0.4, 0.5) is 0 Å². The molecule has 0 fully saturated rings. The molecule has 0 spiro atoms. The van der Waals surface area contributed by atoms with Gasteiger partial charge >= 0.3 is 0 Å². The normalized spacial score (nSPS) is 12.6. The van der Waals surface area contributed by atoms with Crippen LogP contribution in [0.15, 0.2) is 42.5 Å². The first-order valence-corrected chi connectivity index (χ1v) is 4.96. The molecule has 1 amide bonds. The second-order valence-electron chi connectivity index (χ2n) is 3.73. The fourth-order valence-electron chi connectivity index (χ4n) is 1.64. The molecule has 0 aliphatic heterocycles. The van der Waals surface area contributed by atoms with Crippen LogP contribution in [-0.2, 0) is 4.79 Å². The highest BCUT2D eigenvalue weighted by molar-refractivity contribution is 5.86. The minimum absolute atomic E-state index is 0.227. The molecule has 2 aromatic rings. The van der Waals surface area contributed by atoms with Gasteiger partial charge in [-0.05, 0) is 23.3 Å². The fourth-order valence-corrected chi connectivity index (χ4v) is 1.64. The van der Waals surface area contributed by atoms with Crippen LogP contribution in [0.3, 0.4) is 0 Å². The van der Waals surface area contributed by atoms with Crippen LogP contribution < -0.4 is 5.73 Å². The Hall–Kier alpha value is -1.83. The van der Waals surface area contributed by atoms with Crippen LogP contribution in [0.2, 0.25) is 0 Å². The maximum absolute atomic E-state index is 11.1. The molecule has 0 saturated heterocycles. The first-order chi connectivity index (χ1) is 7.18. The van der Waals surface area contributed by atoms with Gasteiger partial charge in [-0.3, -0.25) is 4.79 Å². The average molecular weight is 199 g/mol. The lowest BCUT2D eigenvalue weighted by atomic mass is 9.97. The summed E-state index contributed by atoms with van der Waals surface area (Å²) in [6.07, 6.45) is 0. The second-order valence-corrected chi connectivity index (χ2v) is 3.73. The van der Waals surface area contributed by atoms with E-state index in [0.29, 0.717) is 0 Å². The Morgan fingerprint density at radius 3 is 2.47 bits per heavy atom. The van der Waals surface area contributed by atoms with Crippen molar-refractivity contribution in [2.75, 3.05) is 0 Å². The van der Waals surface area contributed by atoms with Crippen molar-refractivity contribution in [2.45, 2.75) is 12.8 Å². The number of benzene rings is 2. The molecular weight excluding hydrogens is 186 g/mol. The molecule has 0 aliphatic rings. The number of rotatable bonds is 2. The van der Waals surface area contributed by atoms with Crippen molar-refractivity contribution in [1.82, 2.24) is 0 Å². The van der Waals surface area contributed by atoms with Crippen LogP contribution in [0.5, 0.6) is 0 Å². The molecule has 1 atom stereocenters. The van der Waals surface area contributed by atoms with Crippen LogP contribution in [-0.4, -0.2) is 5.91 Å². The minimum atomic E-state index is -0.287. The van der Waals surface area contributed by atoms with Gasteiger partial charge in [0.25, 0.3) is 0 Å². The Labute approximate surface area is 88.7 Å². The summed E-state index contributed by atoms with van der Waals surface area (Å²) in [6, 6.07) is 14.1. The Morgan fingerprint density at radius 2 is 1.80 bits per heavy atom. The lowest BCUT2D eigenvalue weighted by Crippen LogP contribution is -2.18. The second kappa shape index (κ2) is 3.73. The smallest absolute Gasteiger partial charge is 0.224 e. The molecule has 0 bridgehead atoms. The zero-order chi connectivity index (χ0) is 10.8. The van der Waals surface area contributed by atoms with Gasteiger partial charge in [0.2, 0.25) is 5.91 Å². The zero-order valence-corrected chi connectivity index (χ0v) is 8.60. The topological polar surface area (TPSA) is 43.1 Å². The maximum Gasteiger partial charge on any atom is 0.224 e. The number of hydrogen-bond donors (Lipinski definition) is 1. The van der Waals surface area contributed by atoms with Gasteiger partial charge in [-0.2, -0.15) is 0 Å². The third-order valence-corrected chi connectivity index (χ3v) is 2.70. The molecule has 2 aromatic carbocycles. The highest BCUT2D eigenvalue weighted by Crippen LogP contribution is 2.21. The van der Waals surface area contributed by atoms with Crippen LogP contribution in [0.1, 0.15) is 18.4 Å². The van der Waals surface area contributed by atoms with E-state index in [1.807, 2.05) is 49.4 Å². The average Bonchev–Trinajstić information content (AvgIpc) is 2.27. The predicted octanol–water partition coefficient (Wildman–Crippen LogP) is 2.43. The number of carbonyl (C=O) groups excluding carboxylic acids is 1. The van der Waals surface area contributed by atoms with E-state index in [9.17, 15) is 4.79 Å². The molecule has 2 rings (SSSR count). The lowest BCUT2D eigenvalue weighted by molar-refractivity contribution is -0.119. The summed E-state index contributed by atoms with van der Waals surface area (Å²) in [5, 5.41) is 2.32. The largest absolute Gasteiger partial charge is 0.369 e. The summed E-state index contributed by atoms with van der Waals surface area (Å²) >= 11 is 0. The molecule has 2 heteroatoms. The molecule has 0 unspecified atom stereocenters. The summed E-state index contributed by atoms with van der Waals surface area (Å²) in [5.41, 5.74) is 6.25. The monoisotopic (exact) mass is 199 g/mol. The molecule has 0 saturated carbocycles. The molecule has 0 heterocycles. The van der Waals surface area contributed by atoms with E-state index in [1.54, 1.807) is 0 Å². The van der Waals surface area contributed by atoms with Crippen molar-refractivity contribution in [3.05, 3.63) is 48.0 Å². The highest BCUT2D eigenvalue weighted by Gasteiger charge is 2.11. The van der Waals surface area contributed by atoms with Gasteiger partial charge in [-0.15, -0.1) is 0 Å². The molecule has 0 radical (unpaired) electrons. The van der Waals surface area contributed by atoms with Crippen LogP contribution in [0.25, 0.3) is 10.8 Å². The van der Waals surface area contributed by atoms with Crippen LogP contribution >= 0.6 is 0 Å². The van der Waals surface area contributed by atoms with Crippen molar-refractivity contribution in [2.24, 2.45) is 5.73 Å². The molecule has 15 heavy (non-hydrogen) atoms. The van der Waals surface area contributed by atoms with Gasteiger partial charge in [0, 0.05) is 0 Å². The SMILES string of the molecule is C[C@@H](C(N)=O)c1ccc2ccccc2c1. The van der Waals surface area contributed by atoms with Gasteiger partial charge in [-0.1, -0.05) is 42.5 Å². The Kier molecular flexibility index (Phi) is 2.42. The summed E-state index contributed by atoms with van der Waals surface area (Å²) in [4.78, 5) is 11.1. The maximum atomic E-state index is 11.1. The van der Waals surface area contributed by atoms with E-state index < -0.39 is 0 Å². The van der Waals surface area contributed by atoms with Gasteiger partial charge in [-0.25, -0.2) is 0 Å². The molecule has 0 aromatic heterocycles.